The molecule has 256 valence electrons. The molecule has 9 heterocycles. The van der Waals surface area contributed by atoms with Gasteiger partial charge in [0.25, 0.3) is 0 Å². The molecule has 0 radical (unpaired) electrons. The van der Waals surface area contributed by atoms with E-state index < -0.39 is 17.6 Å². The van der Waals surface area contributed by atoms with Crippen LogP contribution in [0.15, 0.2) is 60.2 Å². The van der Waals surface area contributed by atoms with Gasteiger partial charge in [-0.05, 0) is 82.2 Å². The highest BCUT2D eigenvalue weighted by atomic mass is 16.7. The van der Waals surface area contributed by atoms with E-state index in [1.807, 2.05) is 0 Å². The first-order valence-corrected chi connectivity index (χ1v) is 18.7. The lowest BCUT2D eigenvalue weighted by atomic mass is 9.52. The van der Waals surface area contributed by atoms with Crippen LogP contribution in [0.25, 0.3) is 10.9 Å². The van der Waals surface area contributed by atoms with Crippen molar-refractivity contribution in [3.8, 4) is 0 Å². The Hall–Kier alpha value is -3.17. The summed E-state index contributed by atoms with van der Waals surface area (Å²) in [6.07, 6.45) is 7.36. The number of piperidine rings is 4. The minimum Gasteiger partial charge on any atom is -0.467 e. The Morgan fingerprint density at radius 2 is 1.88 bits per heavy atom. The largest absolute Gasteiger partial charge is 0.467 e. The maximum absolute atomic E-state index is 14.0. The molecule has 0 N–H and O–H groups in total. The molecule has 4 bridgehead atoms. The number of likely N-dealkylation sites (N-methyl/N-ethyl adjacent to an activating group) is 1. The van der Waals surface area contributed by atoms with Crippen molar-refractivity contribution in [2.24, 2.45) is 30.7 Å². The van der Waals surface area contributed by atoms with E-state index in [9.17, 15) is 4.79 Å². The van der Waals surface area contributed by atoms with Gasteiger partial charge in [-0.2, -0.15) is 0 Å². The molecule has 0 amide bonds. The molecular weight excluding hydrogens is 612 g/mol. The number of hydrogen-bond donors (Lipinski definition) is 0. The maximum Gasteiger partial charge on any atom is 0.329 e. The molecule has 11 atom stereocenters. The zero-order valence-corrected chi connectivity index (χ0v) is 29.4. The van der Waals surface area contributed by atoms with Crippen LogP contribution in [0.3, 0.4) is 0 Å². The number of benzene rings is 2. The second-order valence-corrected chi connectivity index (χ2v) is 16.8. The second kappa shape index (κ2) is 9.58. The molecule has 0 saturated carbocycles. The number of methoxy groups -OCH3 is 1. The first-order valence-electron chi connectivity index (χ1n) is 18.7. The Morgan fingerprint density at radius 3 is 2.71 bits per heavy atom. The standard InChI is InChI=1S/C41H48N4O4/c1-6-23-21-44-16-15-40-20-30-26-17-34-36-27(24-11-7-9-13-31(24)43(36)4)18-33(42(34)3)28(26)22-48-39(30,2)49-41(40)35(44)19-25(23)37(38(46)47-5)45(41)32-14-10-8-12-29(32)40/h6-14,25-26,28,30,33-35,37H,15-22H2,1-5H3/b23-6+. The number of anilines is 1. The third-order valence-corrected chi connectivity index (χ3v) is 15.5. The summed E-state index contributed by atoms with van der Waals surface area (Å²) in [5.74, 6) is 0.357. The van der Waals surface area contributed by atoms with Gasteiger partial charge in [0.1, 0.15) is 6.04 Å². The van der Waals surface area contributed by atoms with Crippen LogP contribution in [-0.2, 0) is 37.9 Å². The molecule has 6 saturated heterocycles. The fraction of sp³-hybridized carbons (Fsp3) is 0.585. The number of nitrogens with zero attached hydrogens (tertiary/aromatic N) is 4. The molecule has 6 fully saturated rings. The summed E-state index contributed by atoms with van der Waals surface area (Å²) in [6, 6.07) is 18.5. The predicted molar refractivity (Wildman–Crippen MR) is 187 cm³/mol. The fourth-order valence-electron chi connectivity index (χ4n) is 13.5. The molecule has 8 aliphatic rings. The van der Waals surface area contributed by atoms with E-state index >= 15 is 0 Å². The van der Waals surface area contributed by atoms with Crippen molar-refractivity contribution in [3.05, 3.63) is 77.0 Å². The van der Waals surface area contributed by atoms with E-state index in [0.29, 0.717) is 30.5 Å². The van der Waals surface area contributed by atoms with Gasteiger partial charge in [-0.15, -0.1) is 0 Å². The molecule has 49 heavy (non-hydrogen) atoms. The summed E-state index contributed by atoms with van der Waals surface area (Å²) >= 11 is 0. The molecule has 2 aromatic carbocycles. The number of aryl methyl sites for hydroxylation is 1. The molecule has 8 nitrogen and oxygen atoms in total. The van der Waals surface area contributed by atoms with Gasteiger partial charge in [0.15, 0.2) is 11.5 Å². The van der Waals surface area contributed by atoms with E-state index in [0.717, 1.165) is 50.9 Å². The lowest BCUT2D eigenvalue weighted by Crippen LogP contribution is -2.85. The number of aromatic nitrogens is 1. The van der Waals surface area contributed by atoms with Crippen LogP contribution in [0.5, 0.6) is 0 Å². The van der Waals surface area contributed by atoms with E-state index in [1.54, 1.807) is 12.7 Å². The monoisotopic (exact) mass is 660 g/mol. The zero-order chi connectivity index (χ0) is 33.2. The van der Waals surface area contributed by atoms with Crippen molar-refractivity contribution < 1.29 is 19.0 Å². The number of esters is 1. The molecule has 8 heteroatoms. The summed E-state index contributed by atoms with van der Waals surface area (Å²) in [6.45, 7) is 7.02. The van der Waals surface area contributed by atoms with Crippen molar-refractivity contribution in [2.75, 3.05) is 38.8 Å². The number of hydrogen-bond acceptors (Lipinski definition) is 7. The van der Waals surface area contributed by atoms with Crippen molar-refractivity contribution in [3.63, 3.8) is 0 Å². The normalized spacial score (nSPS) is 43.8. The van der Waals surface area contributed by atoms with Crippen LogP contribution in [0.1, 0.15) is 62.4 Å². The lowest BCUT2D eigenvalue weighted by Gasteiger charge is -2.72. The predicted octanol–water partition coefficient (Wildman–Crippen LogP) is 5.54. The number of para-hydroxylation sites is 2. The van der Waals surface area contributed by atoms with E-state index in [2.05, 4.69) is 102 Å². The summed E-state index contributed by atoms with van der Waals surface area (Å²) in [5.41, 5.74) is 7.33. The minimum absolute atomic E-state index is 0.0975. The minimum atomic E-state index is -0.756. The summed E-state index contributed by atoms with van der Waals surface area (Å²) in [4.78, 5) is 21.8. The molecule has 1 spiro atoms. The third-order valence-electron chi connectivity index (χ3n) is 15.5. The average molecular weight is 661 g/mol. The van der Waals surface area contributed by atoms with Gasteiger partial charge < -0.3 is 23.7 Å². The van der Waals surface area contributed by atoms with Gasteiger partial charge >= 0.3 is 5.97 Å². The van der Waals surface area contributed by atoms with Gasteiger partial charge in [-0.25, -0.2) is 4.79 Å². The first-order chi connectivity index (χ1) is 23.8. The van der Waals surface area contributed by atoms with E-state index in [1.165, 1.54) is 27.7 Å². The van der Waals surface area contributed by atoms with E-state index in [-0.39, 0.29) is 29.3 Å². The van der Waals surface area contributed by atoms with Crippen molar-refractivity contribution in [1.82, 2.24) is 14.4 Å². The zero-order valence-electron chi connectivity index (χ0n) is 29.4. The van der Waals surface area contributed by atoms with Crippen LogP contribution >= 0.6 is 0 Å². The molecule has 8 aliphatic heterocycles. The molecule has 1 aromatic heterocycles. The summed E-state index contributed by atoms with van der Waals surface area (Å²) < 4.78 is 23.3. The van der Waals surface area contributed by atoms with Gasteiger partial charge in [0.05, 0.1) is 25.8 Å². The second-order valence-electron chi connectivity index (χ2n) is 16.8. The third kappa shape index (κ3) is 3.26. The maximum atomic E-state index is 14.0. The van der Waals surface area contributed by atoms with Gasteiger partial charge in [0.2, 0.25) is 0 Å². The van der Waals surface area contributed by atoms with Crippen LogP contribution in [0.4, 0.5) is 5.69 Å². The molecule has 11 rings (SSSR count). The first kappa shape index (κ1) is 29.5. The topological polar surface area (TPSA) is 59.4 Å². The highest BCUT2D eigenvalue weighted by molar-refractivity contribution is 5.87. The van der Waals surface area contributed by atoms with Gasteiger partial charge in [-0.3, -0.25) is 9.80 Å². The average Bonchev–Trinajstić information content (AvgIpc) is 3.53. The van der Waals surface area contributed by atoms with Crippen molar-refractivity contribution in [2.45, 2.75) is 87.0 Å². The highest BCUT2D eigenvalue weighted by Crippen LogP contribution is 2.72. The fourth-order valence-corrected chi connectivity index (χ4v) is 13.5. The Balaban J connectivity index is 1.07. The van der Waals surface area contributed by atoms with Gasteiger partial charge in [-0.1, -0.05) is 48.0 Å². The summed E-state index contributed by atoms with van der Waals surface area (Å²) in [7, 11) is 6.19. The Bertz CT molecular complexity index is 1970. The smallest absolute Gasteiger partial charge is 0.329 e. The number of ether oxygens (including phenoxy) is 3. The van der Waals surface area contributed by atoms with Crippen LogP contribution in [-0.4, -0.2) is 83.8 Å². The van der Waals surface area contributed by atoms with Crippen molar-refractivity contribution in [1.29, 1.82) is 0 Å². The Labute approximate surface area is 288 Å². The Morgan fingerprint density at radius 1 is 1.06 bits per heavy atom. The van der Waals surface area contributed by atoms with Crippen LogP contribution in [0, 0.1) is 23.7 Å². The van der Waals surface area contributed by atoms with Crippen molar-refractivity contribution >= 4 is 22.6 Å². The number of carbonyl (C=O) groups is 1. The number of allylic oxidation sites excluding steroid dienone is 1. The lowest BCUT2D eigenvalue weighted by molar-refractivity contribution is -0.401. The molecular formula is C41H48N4O4. The quantitative estimate of drug-likeness (QED) is 0.251. The van der Waals surface area contributed by atoms with E-state index in [4.69, 9.17) is 14.2 Å². The SMILES string of the molecule is C/C=C1\CN2CCC34CC5C6CC7c8c(c9ccccc9n8C)CC(C6COC5(C)OC35C2CC1C(C(=O)OC)N5c1ccccc14)N7C. The number of carbonyl (C=O) groups excluding carboxylic acids is 1. The number of fused-ring (bicyclic) bond motifs is 13. The van der Waals surface area contributed by atoms with Crippen LogP contribution in [0.2, 0.25) is 0 Å². The van der Waals surface area contributed by atoms with Gasteiger partial charge in [0, 0.05) is 71.6 Å². The molecule has 11 unspecified atom stereocenters. The highest BCUT2D eigenvalue weighted by Gasteiger charge is 2.80. The van der Waals surface area contributed by atoms with Crippen LogP contribution < -0.4 is 4.90 Å². The number of rotatable bonds is 1. The summed E-state index contributed by atoms with van der Waals surface area (Å²) in [5, 5.41) is 1.42. The Kier molecular flexibility index (Phi) is 5.78. The molecule has 0 aliphatic carbocycles. The molecule has 3 aromatic rings.